The zero-order chi connectivity index (χ0) is 16.6. The van der Waals surface area contributed by atoms with Crippen molar-refractivity contribution in [2.75, 3.05) is 6.54 Å². The summed E-state index contributed by atoms with van der Waals surface area (Å²) in [6, 6.07) is 10.7. The number of aromatic nitrogens is 3. The lowest BCUT2D eigenvalue weighted by Gasteiger charge is -2.38. The smallest absolute Gasteiger partial charge is 0.155 e. The molecular weight excluding hydrogens is 300 g/mol. The molecule has 1 aliphatic rings. The van der Waals surface area contributed by atoms with Crippen molar-refractivity contribution < 1.29 is 5.11 Å². The fourth-order valence-corrected chi connectivity index (χ4v) is 3.89. The minimum absolute atomic E-state index is 0.0300. The largest absolute Gasteiger partial charge is 0.393 e. The summed E-state index contributed by atoms with van der Waals surface area (Å²) in [6.45, 7) is 0.612. The molecule has 5 nitrogen and oxygen atoms in total. The molecule has 0 radical (unpaired) electrons. The molecule has 0 unspecified atom stereocenters. The van der Waals surface area contributed by atoms with Crippen LogP contribution in [0.15, 0.2) is 42.7 Å². The Kier molecular flexibility index (Phi) is 3.82. The first-order chi connectivity index (χ1) is 11.7. The van der Waals surface area contributed by atoms with Gasteiger partial charge in [0.1, 0.15) is 0 Å². The summed E-state index contributed by atoms with van der Waals surface area (Å²) < 4.78 is 0. The average Bonchev–Trinajstić information content (AvgIpc) is 3.11. The van der Waals surface area contributed by atoms with Gasteiger partial charge in [-0.25, -0.2) is 4.98 Å². The number of aliphatic hydroxyl groups excluding tert-OH is 1. The minimum atomic E-state index is -0.182. The van der Waals surface area contributed by atoms with E-state index in [1.165, 1.54) is 5.56 Å². The van der Waals surface area contributed by atoms with Crippen LogP contribution in [0.3, 0.4) is 0 Å². The average molecular weight is 322 g/mol. The van der Waals surface area contributed by atoms with Crippen LogP contribution in [-0.2, 0) is 5.41 Å². The highest BCUT2D eigenvalue weighted by Crippen LogP contribution is 2.40. The van der Waals surface area contributed by atoms with E-state index in [9.17, 15) is 5.11 Å². The van der Waals surface area contributed by atoms with Crippen LogP contribution in [0.5, 0.6) is 0 Å². The molecular formula is C19H22N4O. The first-order valence-corrected chi connectivity index (χ1v) is 8.49. The summed E-state index contributed by atoms with van der Waals surface area (Å²) >= 11 is 0. The molecule has 0 spiro atoms. The van der Waals surface area contributed by atoms with Crippen molar-refractivity contribution in [1.29, 1.82) is 0 Å². The lowest BCUT2D eigenvalue weighted by Crippen LogP contribution is -2.40. The molecule has 1 saturated carbocycles. The molecule has 5 heteroatoms. The van der Waals surface area contributed by atoms with Gasteiger partial charge in [-0.1, -0.05) is 24.3 Å². The van der Waals surface area contributed by atoms with Crippen LogP contribution >= 0.6 is 0 Å². The molecule has 4 rings (SSSR count). The summed E-state index contributed by atoms with van der Waals surface area (Å²) in [4.78, 5) is 4.31. The molecule has 0 atom stereocenters. The second kappa shape index (κ2) is 6.00. The van der Waals surface area contributed by atoms with E-state index in [0.717, 1.165) is 47.8 Å². The maximum absolute atomic E-state index is 9.85. The van der Waals surface area contributed by atoms with E-state index in [4.69, 9.17) is 5.73 Å². The van der Waals surface area contributed by atoms with Crippen LogP contribution in [-0.4, -0.2) is 32.9 Å². The molecule has 1 aromatic carbocycles. The van der Waals surface area contributed by atoms with Crippen LogP contribution in [0.1, 0.15) is 31.2 Å². The Labute approximate surface area is 140 Å². The maximum atomic E-state index is 9.85. The number of H-pyrrole nitrogens is 1. The van der Waals surface area contributed by atoms with E-state index in [1.54, 1.807) is 6.20 Å². The molecule has 4 N–H and O–H groups in total. The zero-order valence-electron chi connectivity index (χ0n) is 13.6. The molecule has 2 heterocycles. The summed E-state index contributed by atoms with van der Waals surface area (Å²) in [5, 5.41) is 17.9. The number of aliphatic hydroxyl groups is 1. The van der Waals surface area contributed by atoms with E-state index in [-0.39, 0.29) is 11.5 Å². The number of pyridine rings is 1. The number of benzene rings is 1. The quantitative estimate of drug-likeness (QED) is 0.692. The number of hydrogen-bond donors (Lipinski definition) is 3. The van der Waals surface area contributed by atoms with Crippen molar-refractivity contribution in [1.82, 2.24) is 15.2 Å². The topological polar surface area (TPSA) is 87.8 Å². The van der Waals surface area contributed by atoms with Crippen LogP contribution in [0.4, 0.5) is 0 Å². The Morgan fingerprint density at radius 2 is 2.08 bits per heavy atom. The van der Waals surface area contributed by atoms with E-state index in [0.29, 0.717) is 6.54 Å². The summed E-state index contributed by atoms with van der Waals surface area (Å²) in [5.41, 5.74) is 10.5. The number of hydrogen-bond acceptors (Lipinski definition) is 4. The standard InChI is InChI=1S/C19H22N4O/c20-12-19(7-4-15(24)5-8-19)14-3-1-2-13(10-14)16-6-9-21-18-17(16)11-22-23-18/h1-3,6,9-11,15,24H,4-5,7-8,12,20H2,(H,21,22,23). The highest BCUT2D eigenvalue weighted by Gasteiger charge is 2.35. The van der Waals surface area contributed by atoms with Gasteiger partial charge in [0.05, 0.1) is 12.3 Å². The van der Waals surface area contributed by atoms with Gasteiger partial charge in [-0.15, -0.1) is 0 Å². The van der Waals surface area contributed by atoms with Crippen molar-refractivity contribution in [3.63, 3.8) is 0 Å². The molecule has 2 aromatic heterocycles. The van der Waals surface area contributed by atoms with E-state index in [1.807, 2.05) is 12.3 Å². The first kappa shape index (κ1) is 15.3. The lowest BCUT2D eigenvalue weighted by molar-refractivity contribution is 0.0975. The van der Waals surface area contributed by atoms with Crippen LogP contribution in [0.25, 0.3) is 22.2 Å². The zero-order valence-corrected chi connectivity index (χ0v) is 13.6. The van der Waals surface area contributed by atoms with Gasteiger partial charge in [0, 0.05) is 23.5 Å². The molecule has 124 valence electrons. The van der Waals surface area contributed by atoms with Gasteiger partial charge in [-0.05, 0) is 48.4 Å². The summed E-state index contributed by atoms with van der Waals surface area (Å²) in [5.74, 6) is 0. The number of aromatic amines is 1. The number of rotatable bonds is 3. The van der Waals surface area contributed by atoms with Gasteiger partial charge in [0.15, 0.2) is 5.65 Å². The fraction of sp³-hybridized carbons (Fsp3) is 0.368. The predicted molar refractivity (Wildman–Crippen MR) is 94.5 cm³/mol. The molecule has 1 fully saturated rings. The van der Waals surface area contributed by atoms with Crippen molar-refractivity contribution >= 4 is 11.0 Å². The number of nitrogens with one attached hydrogen (secondary N) is 1. The van der Waals surface area contributed by atoms with Crippen molar-refractivity contribution in [2.24, 2.45) is 5.73 Å². The van der Waals surface area contributed by atoms with Gasteiger partial charge in [0.25, 0.3) is 0 Å². The number of nitrogens with zero attached hydrogens (tertiary/aromatic N) is 2. The first-order valence-electron chi connectivity index (χ1n) is 8.49. The van der Waals surface area contributed by atoms with Crippen LogP contribution in [0.2, 0.25) is 0 Å². The molecule has 1 aliphatic carbocycles. The van der Waals surface area contributed by atoms with Gasteiger partial charge >= 0.3 is 0 Å². The Bertz CT molecular complexity index is 849. The second-order valence-electron chi connectivity index (χ2n) is 6.79. The Morgan fingerprint density at radius 1 is 1.25 bits per heavy atom. The van der Waals surface area contributed by atoms with E-state index >= 15 is 0 Å². The Morgan fingerprint density at radius 3 is 2.88 bits per heavy atom. The van der Waals surface area contributed by atoms with Crippen molar-refractivity contribution in [2.45, 2.75) is 37.2 Å². The summed E-state index contributed by atoms with van der Waals surface area (Å²) in [7, 11) is 0. The second-order valence-corrected chi connectivity index (χ2v) is 6.79. The number of fused-ring (bicyclic) bond motifs is 1. The Hall–Kier alpha value is -2.24. The highest BCUT2D eigenvalue weighted by molar-refractivity contribution is 5.92. The molecule has 24 heavy (non-hydrogen) atoms. The van der Waals surface area contributed by atoms with Gasteiger partial charge in [0.2, 0.25) is 0 Å². The normalized spacial score (nSPS) is 24.3. The maximum Gasteiger partial charge on any atom is 0.155 e. The van der Waals surface area contributed by atoms with Crippen LogP contribution in [0, 0.1) is 0 Å². The van der Waals surface area contributed by atoms with Crippen molar-refractivity contribution in [3.8, 4) is 11.1 Å². The third kappa shape index (κ3) is 2.50. The highest BCUT2D eigenvalue weighted by atomic mass is 16.3. The van der Waals surface area contributed by atoms with Crippen molar-refractivity contribution in [3.05, 3.63) is 48.3 Å². The molecule has 0 saturated heterocycles. The van der Waals surface area contributed by atoms with Crippen LogP contribution < -0.4 is 5.73 Å². The third-order valence-electron chi connectivity index (χ3n) is 5.44. The van der Waals surface area contributed by atoms with Gasteiger partial charge < -0.3 is 10.8 Å². The minimum Gasteiger partial charge on any atom is -0.393 e. The molecule has 0 aliphatic heterocycles. The molecule has 0 bridgehead atoms. The Balaban J connectivity index is 1.78. The fourth-order valence-electron chi connectivity index (χ4n) is 3.89. The molecule has 0 amide bonds. The predicted octanol–water partition coefficient (Wildman–Crippen LogP) is 2.76. The SMILES string of the molecule is NCC1(c2cccc(-c3ccnc4[nH]ncc34)c2)CCC(O)CC1. The lowest BCUT2D eigenvalue weighted by atomic mass is 9.68. The van der Waals surface area contributed by atoms with Gasteiger partial charge in [-0.3, -0.25) is 5.10 Å². The monoisotopic (exact) mass is 322 g/mol. The van der Waals surface area contributed by atoms with Gasteiger partial charge in [-0.2, -0.15) is 5.10 Å². The van der Waals surface area contributed by atoms with E-state index in [2.05, 4.69) is 39.4 Å². The number of nitrogens with two attached hydrogens (primary N) is 1. The third-order valence-corrected chi connectivity index (χ3v) is 5.44. The molecule has 3 aromatic rings. The van der Waals surface area contributed by atoms with E-state index < -0.39 is 0 Å². The summed E-state index contributed by atoms with van der Waals surface area (Å²) in [6.07, 6.45) is 6.96.